The van der Waals surface area contributed by atoms with Crippen molar-refractivity contribution in [2.75, 3.05) is 11.8 Å². The molecule has 0 saturated carbocycles. The smallest absolute Gasteiger partial charge is 0.271 e. The van der Waals surface area contributed by atoms with Gasteiger partial charge in [0.1, 0.15) is 15.8 Å². The first-order valence-electron chi connectivity index (χ1n) is 5.63. The molecule has 20 heavy (non-hydrogen) atoms. The maximum atomic E-state index is 13.4. The van der Waals surface area contributed by atoms with Gasteiger partial charge in [0.25, 0.3) is 10.0 Å². The van der Waals surface area contributed by atoms with Gasteiger partial charge >= 0.3 is 0 Å². The van der Waals surface area contributed by atoms with Crippen molar-refractivity contribution in [1.29, 1.82) is 0 Å². The monoisotopic (exact) mass is 318 g/mol. The van der Waals surface area contributed by atoms with Crippen molar-refractivity contribution in [2.24, 2.45) is 0 Å². The number of benzene rings is 1. The van der Waals surface area contributed by atoms with Crippen LogP contribution in [0, 0.1) is 11.6 Å². The van der Waals surface area contributed by atoms with Crippen molar-refractivity contribution in [3.8, 4) is 0 Å². The Kier molecular flexibility index (Phi) is 4.36. The van der Waals surface area contributed by atoms with E-state index in [-0.39, 0.29) is 4.21 Å². The molecule has 2 rings (SSSR count). The second-order valence-corrected chi connectivity index (χ2v) is 7.06. The van der Waals surface area contributed by atoms with Crippen LogP contribution in [0.3, 0.4) is 0 Å². The number of rotatable bonds is 5. The normalized spacial score (nSPS) is 11.6. The SMILES string of the molecule is CNCc1ccc(S(=O)(=O)Nc2cc(F)ccc2F)s1. The van der Waals surface area contributed by atoms with Gasteiger partial charge in [0.15, 0.2) is 0 Å². The minimum Gasteiger partial charge on any atom is -0.315 e. The highest BCUT2D eigenvalue weighted by Crippen LogP contribution is 2.25. The summed E-state index contributed by atoms with van der Waals surface area (Å²) in [4.78, 5) is 0.826. The minimum absolute atomic E-state index is 0.0476. The van der Waals surface area contributed by atoms with E-state index >= 15 is 0 Å². The molecule has 0 unspecified atom stereocenters. The molecule has 1 aromatic carbocycles. The molecule has 0 aliphatic heterocycles. The lowest BCUT2D eigenvalue weighted by atomic mass is 10.3. The average molecular weight is 318 g/mol. The summed E-state index contributed by atoms with van der Waals surface area (Å²) >= 11 is 1.06. The van der Waals surface area contributed by atoms with Crippen LogP contribution in [0.5, 0.6) is 0 Å². The molecule has 0 amide bonds. The van der Waals surface area contributed by atoms with Crippen LogP contribution in [0.2, 0.25) is 0 Å². The number of thiophene rings is 1. The molecule has 8 heteroatoms. The zero-order chi connectivity index (χ0) is 14.8. The fourth-order valence-corrected chi connectivity index (χ4v) is 3.97. The van der Waals surface area contributed by atoms with E-state index in [4.69, 9.17) is 0 Å². The Morgan fingerprint density at radius 3 is 2.65 bits per heavy atom. The molecule has 0 aliphatic rings. The van der Waals surface area contributed by atoms with E-state index in [2.05, 4.69) is 5.32 Å². The summed E-state index contributed by atoms with van der Waals surface area (Å²) in [5.74, 6) is -1.55. The molecule has 4 nitrogen and oxygen atoms in total. The first-order chi connectivity index (χ1) is 9.42. The highest BCUT2D eigenvalue weighted by atomic mass is 32.2. The van der Waals surface area contributed by atoms with Gasteiger partial charge in [-0.1, -0.05) is 0 Å². The van der Waals surface area contributed by atoms with Crippen LogP contribution in [0.25, 0.3) is 0 Å². The molecule has 1 aromatic heterocycles. The van der Waals surface area contributed by atoms with Crippen LogP contribution < -0.4 is 10.0 Å². The molecule has 1 heterocycles. The van der Waals surface area contributed by atoms with E-state index in [9.17, 15) is 17.2 Å². The molecule has 0 spiro atoms. The average Bonchev–Trinajstić information content (AvgIpc) is 2.83. The standard InChI is InChI=1S/C12H12F2N2O2S2/c1-15-7-9-3-5-12(19-9)20(17,18)16-11-6-8(13)2-4-10(11)14/h2-6,15-16H,7H2,1H3. The number of sulfonamides is 1. The maximum absolute atomic E-state index is 13.4. The van der Waals surface area contributed by atoms with Crippen LogP contribution in [-0.2, 0) is 16.6 Å². The van der Waals surface area contributed by atoms with Crippen molar-refractivity contribution in [2.45, 2.75) is 10.8 Å². The third-order valence-electron chi connectivity index (χ3n) is 2.43. The third-order valence-corrected chi connectivity index (χ3v) is 5.37. The quantitative estimate of drug-likeness (QED) is 0.891. The number of anilines is 1. The first-order valence-corrected chi connectivity index (χ1v) is 7.93. The van der Waals surface area contributed by atoms with Gasteiger partial charge in [-0.05, 0) is 31.3 Å². The van der Waals surface area contributed by atoms with Gasteiger partial charge in [0, 0.05) is 17.5 Å². The highest BCUT2D eigenvalue weighted by molar-refractivity contribution is 7.94. The Labute approximate surface area is 119 Å². The van der Waals surface area contributed by atoms with E-state index in [0.717, 1.165) is 34.4 Å². The van der Waals surface area contributed by atoms with E-state index < -0.39 is 27.3 Å². The zero-order valence-electron chi connectivity index (χ0n) is 10.5. The van der Waals surface area contributed by atoms with Gasteiger partial charge in [-0.25, -0.2) is 17.2 Å². The number of nitrogens with one attached hydrogen (secondary N) is 2. The van der Waals surface area contributed by atoms with E-state index in [0.29, 0.717) is 6.54 Å². The number of hydrogen-bond donors (Lipinski definition) is 2. The van der Waals surface area contributed by atoms with Gasteiger partial charge in [-0.15, -0.1) is 11.3 Å². The molecular formula is C12H12F2N2O2S2. The topological polar surface area (TPSA) is 58.2 Å². The number of halogens is 2. The first kappa shape index (κ1) is 14.9. The van der Waals surface area contributed by atoms with Crippen LogP contribution in [0.4, 0.5) is 14.5 Å². The maximum Gasteiger partial charge on any atom is 0.271 e. The molecule has 2 N–H and O–H groups in total. The van der Waals surface area contributed by atoms with Crippen molar-refractivity contribution in [1.82, 2.24) is 5.32 Å². The Morgan fingerprint density at radius 2 is 1.95 bits per heavy atom. The van der Waals surface area contributed by atoms with Crippen LogP contribution in [-0.4, -0.2) is 15.5 Å². The summed E-state index contributed by atoms with van der Waals surface area (Å²) in [5.41, 5.74) is -0.409. The highest BCUT2D eigenvalue weighted by Gasteiger charge is 2.19. The van der Waals surface area contributed by atoms with E-state index in [1.807, 2.05) is 4.72 Å². The fourth-order valence-electron chi connectivity index (χ4n) is 1.54. The predicted octanol–water partition coefficient (Wildman–Crippen LogP) is 2.55. The minimum atomic E-state index is -3.92. The van der Waals surface area contributed by atoms with E-state index in [1.165, 1.54) is 6.07 Å². The molecular weight excluding hydrogens is 306 g/mol. The summed E-state index contributed by atoms with van der Waals surface area (Å²) in [6, 6.07) is 5.68. The van der Waals surface area contributed by atoms with Crippen LogP contribution >= 0.6 is 11.3 Å². The predicted molar refractivity (Wildman–Crippen MR) is 74.2 cm³/mol. The van der Waals surface area contributed by atoms with Gasteiger partial charge in [0.05, 0.1) is 5.69 Å². The third kappa shape index (κ3) is 3.33. The van der Waals surface area contributed by atoms with E-state index in [1.54, 1.807) is 13.1 Å². The van der Waals surface area contributed by atoms with Gasteiger partial charge in [-0.3, -0.25) is 4.72 Å². The lowest BCUT2D eigenvalue weighted by Gasteiger charge is -2.07. The molecule has 2 aromatic rings. The molecule has 108 valence electrons. The van der Waals surface area contributed by atoms with Gasteiger partial charge in [-0.2, -0.15) is 0 Å². The lowest BCUT2D eigenvalue weighted by Crippen LogP contribution is -2.12. The Bertz CT molecular complexity index is 714. The van der Waals surface area contributed by atoms with Crippen LogP contribution in [0.15, 0.2) is 34.5 Å². The molecule has 0 radical (unpaired) electrons. The second kappa shape index (κ2) is 5.86. The van der Waals surface area contributed by atoms with Crippen LogP contribution in [0.1, 0.15) is 4.88 Å². The van der Waals surface area contributed by atoms with Crippen molar-refractivity contribution in [3.63, 3.8) is 0 Å². The Balaban J connectivity index is 2.28. The molecule has 0 aliphatic carbocycles. The molecule has 0 atom stereocenters. The fraction of sp³-hybridized carbons (Fsp3) is 0.167. The van der Waals surface area contributed by atoms with Crippen molar-refractivity contribution < 1.29 is 17.2 Å². The molecule has 0 bridgehead atoms. The second-order valence-electron chi connectivity index (χ2n) is 3.98. The summed E-state index contributed by atoms with van der Waals surface area (Å²) in [6.45, 7) is 0.536. The van der Waals surface area contributed by atoms with Crippen molar-refractivity contribution in [3.05, 3.63) is 46.8 Å². The largest absolute Gasteiger partial charge is 0.315 e. The molecule has 0 saturated heterocycles. The Morgan fingerprint density at radius 1 is 1.20 bits per heavy atom. The lowest BCUT2D eigenvalue weighted by molar-refractivity contribution is 0.595. The molecule has 0 fully saturated rings. The summed E-state index contributed by atoms with van der Waals surface area (Å²) in [7, 11) is -2.17. The summed E-state index contributed by atoms with van der Waals surface area (Å²) in [6.07, 6.45) is 0. The van der Waals surface area contributed by atoms with Gasteiger partial charge in [0.2, 0.25) is 0 Å². The summed E-state index contributed by atoms with van der Waals surface area (Å²) in [5, 5.41) is 2.90. The zero-order valence-corrected chi connectivity index (χ0v) is 12.1. The summed E-state index contributed by atoms with van der Waals surface area (Å²) < 4.78 is 52.7. The number of hydrogen-bond acceptors (Lipinski definition) is 4. The van der Waals surface area contributed by atoms with Gasteiger partial charge < -0.3 is 5.32 Å². The Hall–Kier alpha value is -1.51. The van der Waals surface area contributed by atoms with Crippen molar-refractivity contribution >= 4 is 27.0 Å².